The van der Waals surface area contributed by atoms with Crippen LogP contribution in [0.15, 0.2) is 18.2 Å². The first-order valence-corrected chi connectivity index (χ1v) is 5.45. The summed E-state index contributed by atoms with van der Waals surface area (Å²) in [7, 11) is 1.56. The summed E-state index contributed by atoms with van der Waals surface area (Å²) in [5.41, 5.74) is 1.60. The van der Waals surface area contributed by atoms with E-state index in [1.54, 1.807) is 13.2 Å². The summed E-state index contributed by atoms with van der Waals surface area (Å²) < 4.78 is 5.09. The molecule has 1 unspecified atom stereocenters. The van der Waals surface area contributed by atoms with E-state index < -0.39 is 0 Å². The fourth-order valence-corrected chi connectivity index (χ4v) is 1.49. The van der Waals surface area contributed by atoms with Gasteiger partial charge in [0, 0.05) is 19.0 Å². The third-order valence-corrected chi connectivity index (χ3v) is 2.46. The van der Waals surface area contributed by atoms with E-state index >= 15 is 0 Å². The van der Waals surface area contributed by atoms with Crippen molar-refractivity contribution in [2.75, 3.05) is 7.11 Å². The van der Waals surface area contributed by atoms with Crippen LogP contribution >= 0.6 is 0 Å². The lowest BCUT2D eigenvalue weighted by atomic mass is 10.1. The van der Waals surface area contributed by atoms with Crippen LogP contribution in [0.25, 0.3) is 0 Å². The number of nitrogens with one attached hydrogen (secondary N) is 1. The van der Waals surface area contributed by atoms with E-state index in [9.17, 15) is 0 Å². The Hall–Kier alpha value is -1.97. The third kappa shape index (κ3) is 3.83. The lowest BCUT2D eigenvalue weighted by Crippen LogP contribution is -2.24. The molecule has 0 heterocycles. The predicted molar refractivity (Wildman–Crippen MR) is 67.5 cm³/mol. The molecule has 1 atom stereocenters. The van der Waals surface area contributed by atoms with Gasteiger partial charge in [-0.1, -0.05) is 6.07 Å². The SMILES string of the molecule is C#CCC(C)NCc1ccc(OC)c(C#N)c1. The number of nitriles is 1. The van der Waals surface area contributed by atoms with Gasteiger partial charge in [-0.3, -0.25) is 0 Å². The van der Waals surface area contributed by atoms with E-state index in [2.05, 4.69) is 17.3 Å². The van der Waals surface area contributed by atoms with Crippen LogP contribution in [0.1, 0.15) is 24.5 Å². The van der Waals surface area contributed by atoms with Gasteiger partial charge in [0.15, 0.2) is 0 Å². The first kappa shape index (κ1) is 13.1. The van der Waals surface area contributed by atoms with Crippen molar-refractivity contribution in [3.63, 3.8) is 0 Å². The Kier molecular flexibility index (Phi) is 5.07. The van der Waals surface area contributed by atoms with Gasteiger partial charge in [-0.25, -0.2) is 0 Å². The molecule has 0 aliphatic carbocycles. The highest BCUT2D eigenvalue weighted by Gasteiger charge is 2.04. The number of benzene rings is 1. The fourth-order valence-electron chi connectivity index (χ4n) is 1.49. The Labute approximate surface area is 102 Å². The van der Waals surface area contributed by atoms with E-state index in [0.29, 0.717) is 24.3 Å². The highest BCUT2D eigenvalue weighted by Crippen LogP contribution is 2.18. The van der Waals surface area contributed by atoms with E-state index in [4.69, 9.17) is 16.4 Å². The molecule has 17 heavy (non-hydrogen) atoms. The maximum Gasteiger partial charge on any atom is 0.136 e. The van der Waals surface area contributed by atoms with Crippen LogP contribution in [0.2, 0.25) is 0 Å². The monoisotopic (exact) mass is 228 g/mol. The number of hydrogen-bond donors (Lipinski definition) is 1. The van der Waals surface area contributed by atoms with Crippen LogP contribution in [-0.2, 0) is 6.54 Å². The summed E-state index contributed by atoms with van der Waals surface area (Å²) in [5.74, 6) is 3.21. The average Bonchev–Trinajstić information content (AvgIpc) is 2.36. The molecule has 88 valence electrons. The van der Waals surface area contributed by atoms with Crippen LogP contribution in [0.5, 0.6) is 5.75 Å². The van der Waals surface area contributed by atoms with Crippen LogP contribution in [0.4, 0.5) is 0 Å². The molecule has 1 aromatic carbocycles. The number of hydrogen-bond acceptors (Lipinski definition) is 3. The molecule has 3 nitrogen and oxygen atoms in total. The van der Waals surface area contributed by atoms with Gasteiger partial charge in [0.25, 0.3) is 0 Å². The van der Waals surface area contributed by atoms with Crippen molar-refractivity contribution in [2.24, 2.45) is 0 Å². The predicted octanol–water partition coefficient (Wildman–Crippen LogP) is 2.07. The number of methoxy groups -OCH3 is 1. The molecule has 1 aromatic rings. The summed E-state index contributed by atoms with van der Waals surface area (Å²) in [6, 6.07) is 7.96. The van der Waals surface area contributed by atoms with Gasteiger partial charge in [-0.05, 0) is 24.6 Å². The summed E-state index contributed by atoms with van der Waals surface area (Å²) in [6.45, 7) is 2.73. The number of ether oxygens (including phenoxy) is 1. The molecule has 1 N–H and O–H groups in total. The normalized spacial score (nSPS) is 11.3. The fraction of sp³-hybridized carbons (Fsp3) is 0.357. The van der Waals surface area contributed by atoms with E-state index in [1.807, 2.05) is 19.1 Å². The minimum Gasteiger partial charge on any atom is -0.495 e. The molecule has 0 radical (unpaired) electrons. The maximum absolute atomic E-state index is 8.96. The lowest BCUT2D eigenvalue weighted by Gasteiger charge is -2.11. The Balaban J connectivity index is 2.68. The zero-order valence-corrected chi connectivity index (χ0v) is 10.2. The molecule has 1 rings (SSSR count). The minimum atomic E-state index is 0.271. The Bertz CT molecular complexity index is 454. The minimum absolute atomic E-state index is 0.271. The van der Waals surface area contributed by atoms with Crippen molar-refractivity contribution in [1.29, 1.82) is 5.26 Å². The molecule has 0 fully saturated rings. The van der Waals surface area contributed by atoms with Gasteiger partial charge in [0.05, 0.1) is 12.7 Å². The molecule has 0 saturated heterocycles. The van der Waals surface area contributed by atoms with Gasteiger partial charge in [-0.15, -0.1) is 12.3 Å². The Morgan fingerprint density at radius 1 is 1.53 bits per heavy atom. The molecule has 3 heteroatoms. The first-order chi connectivity index (χ1) is 8.21. The quantitative estimate of drug-likeness (QED) is 0.785. The molecule has 0 bridgehead atoms. The number of terminal acetylenes is 1. The van der Waals surface area contributed by atoms with Crippen LogP contribution in [-0.4, -0.2) is 13.2 Å². The van der Waals surface area contributed by atoms with Crippen molar-refractivity contribution in [1.82, 2.24) is 5.32 Å². The van der Waals surface area contributed by atoms with E-state index in [1.165, 1.54) is 0 Å². The van der Waals surface area contributed by atoms with Crippen LogP contribution < -0.4 is 10.1 Å². The molecule has 0 aliphatic rings. The molecule has 0 aromatic heterocycles. The summed E-state index contributed by atoms with van der Waals surface area (Å²) >= 11 is 0. The smallest absolute Gasteiger partial charge is 0.136 e. The summed E-state index contributed by atoms with van der Waals surface area (Å²) in [4.78, 5) is 0. The largest absolute Gasteiger partial charge is 0.495 e. The molecular formula is C14H16N2O. The topological polar surface area (TPSA) is 45.0 Å². The third-order valence-electron chi connectivity index (χ3n) is 2.46. The van der Waals surface area contributed by atoms with Crippen molar-refractivity contribution < 1.29 is 4.74 Å². The van der Waals surface area contributed by atoms with Gasteiger partial charge in [0.2, 0.25) is 0 Å². The van der Waals surface area contributed by atoms with Crippen LogP contribution in [0, 0.1) is 23.7 Å². The van der Waals surface area contributed by atoms with Gasteiger partial charge in [0.1, 0.15) is 11.8 Å². The summed E-state index contributed by atoms with van der Waals surface area (Å²) in [5, 5.41) is 12.3. The number of nitrogens with zero attached hydrogens (tertiary/aromatic N) is 1. The molecule has 0 spiro atoms. The maximum atomic E-state index is 8.96. The van der Waals surface area contributed by atoms with Crippen LogP contribution in [0.3, 0.4) is 0 Å². The van der Waals surface area contributed by atoms with Crippen molar-refractivity contribution >= 4 is 0 Å². The highest BCUT2D eigenvalue weighted by molar-refractivity contribution is 5.45. The molecular weight excluding hydrogens is 212 g/mol. The molecule has 0 amide bonds. The second-order valence-electron chi connectivity index (χ2n) is 3.84. The highest BCUT2D eigenvalue weighted by atomic mass is 16.5. The van der Waals surface area contributed by atoms with Gasteiger partial charge < -0.3 is 10.1 Å². The zero-order valence-electron chi connectivity index (χ0n) is 10.2. The standard InChI is InChI=1S/C14H16N2O/c1-4-5-11(2)16-10-12-6-7-14(17-3)13(8-12)9-15/h1,6-8,11,16H,5,10H2,2-3H3. The van der Waals surface area contributed by atoms with Crippen molar-refractivity contribution in [2.45, 2.75) is 25.9 Å². The van der Waals surface area contributed by atoms with Gasteiger partial charge in [-0.2, -0.15) is 5.26 Å². The Morgan fingerprint density at radius 3 is 2.88 bits per heavy atom. The van der Waals surface area contributed by atoms with Crippen molar-refractivity contribution in [3.05, 3.63) is 29.3 Å². The molecule has 0 saturated carbocycles. The van der Waals surface area contributed by atoms with Gasteiger partial charge >= 0.3 is 0 Å². The first-order valence-electron chi connectivity index (χ1n) is 5.45. The Morgan fingerprint density at radius 2 is 2.29 bits per heavy atom. The van der Waals surface area contributed by atoms with E-state index in [0.717, 1.165) is 5.56 Å². The van der Waals surface area contributed by atoms with Crippen molar-refractivity contribution in [3.8, 4) is 24.2 Å². The summed E-state index contributed by atoms with van der Waals surface area (Å²) in [6.07, 6.45) is 5.93. The lowest BCUT2D eigenvalue weighted by molar-refractivity contribution is 0.413. The second kappa shape index (κ2) is 6.58. The second-order valence-corrected chi connectivity index (χ2v) is 3.84. The molecule has 0 aliphatic heterocycles. The zero-order chi connectivity index (χ0) is 12.7. The number of rotatable bonds is 5. The van der Waals surface area contributed by atoms with E-state index in [-0.39, 0.29) is 6.04 Å². The average molecular weight is 228 g/mol.